The molecule has 32 heavy (non-hydrogen) atoms. The van der Waals surface area contributed by atoms with Crippen molar-refractivity contribution in [2.75, 3.05) is 0 Å². The summed E-state index contributed by atoms with van der Waals surface area (Å²) in [6, 6.07) is 25.0. The van der Waals surface area contributed by atoms with Gasteiger partial charge in [-0.25, -0.2) is 4.79 Å². The largest absolute Gasteiger partial charge is 0.478 e. The van der Waals surface area contributed by atoms with E-state index in [0.717, 1.165) is 16.9 Å². The molecule has 0 N–H and O–H groups in total. The molecule has 0 bridgehead atoms. The predicted molar refractivity (Wildman–Crippen MR) is 127 cm³/mol. The van der Waals surface area contributed by atoms with Crippen LogP contribution in [0.1, 0.15) is 44.9 Å². The van der Waals surface area contributed by atoms with Gasteiger partial charge in [0, 0.05) is 5.92 Å². The number of carbonyl (C=O) groups excluding carboxylic acids is 1. The molecular weight excluding hydrogens is 400 g/mol. The minimum absolute atomic E-state index is 0.0376. The molecule has 168 valence electrons. The van der Waals surface area contributed by atoms with Crippen LogP contribution in [0, 0.1) is 18.8 Å². The summed E-state index contributed by atoms with van der Waals surface area (Å²) in [5, 5.41) is 0. The minimum atomic E-state index is -0.692. The molecule has 2 atom stereocenters. The Hall–Kier alpha value is -3.27. The molecule has 0 saturated carbocycles. The molecule has 0 spiro atoms. The van der Waals surface area contributed by atoms with Crippen LogP contribution in [0.3, 0.4) is 0 Å². The summed E-state index contributed by atoms with van der Waals surface area (Å²) in [5.41, 5.74) is 2.03. The zero-order valence-electron chi connectivity index (χ0n) is 19.4. The molecule has 0 saturated heterocycles. The van der Waals surface area contributed by atoms with E-state index >= 15 is 0 Å². The van der Waals surface area contributed by atoms with Crippen LogP contribution < -0.4 is 9.47 Å². The van der Waals surface area contributed by atoms with Gasteiger partial charge >= 0.3 is 5.97 Å². The summed E-state index contributed by atoms with van der Waals surface area (Å²) in [6.45, 7) is 10.0. The second-order valence-corrected chi connectivity index (χ2v) is 8.68. The molecule has 4 heteroatoms. The fourth-order valence-corrected chi connectivity index (χ4v) is 3.38. The Bertz CT molecular complexity index is 993. The molecular formula is C28H32O4. The normalized spacial score (nSPS) is 13.0. The maximum Gasteiger partial charge on any atom is 0.348 e. The topological polar surface area (TPSA) is 44.8 Å². The van der Waals surface area contributed by atoms with Crippen LogP contribution in [-0.2, 0) is 9.53 Å². The van der Waals surface area contributed by atoms with Gasteiger partial charge in [-0.3, -0.25) is 0 Å². The predicted octanol–water partition coefficient (Wildman–Crippen LogP) is 7.13. The van der Waals surface area contributed by atoms with Gasteiger partial charge in [-0.05, 0) is 54.8 Å². The molecule has 0 radical (unpaired) electrons. The van der Waals surface area contributed by atoms with Gasteiger partial charge < -0.3 is 14.2 Å². The number of ether oxygens (including phenoxy) is 3. The van der Waals surface area contributed by atoms with E-state index in [1.165, 1.54) is 0 Å². The Labute approximate surface area is 191 Å². The Morgan fingerprint density at radius 3 is 2.00 bits per heavy atom. The smallest absolute Gasteiger partial charge is 0.348 e. The van der Waals surface area contributed by atoms with Crippen molar-refractivity contribution >= 4 is 5.97 Å². The summed E-state index contributed by atoms with van der Waals surface area (Å²) in [6.07, 6.45) is -1.10. The van der Waals surface area contributed by atoms with E-state index in [2.05, 4.69) is 0 Å². The molecule has 0 heterocycles. The van der Waals surface area contributed by atoms with Crippen LogP contribution in [0.25, 0.3) is 0 Å². The summed E-state index contributed by atoms with van der Waals surface area (Å²) in [4.78, 5) is 13.1. The highest BCUT2D eigenvalue weighted by atomic mass is 16.6. The first-order chi connectivity index (χ1) is 15.3. The highest BCUT2D eigenvalue weighted by Gasteiger charge is 2.30. The number of aryl methyl sites for hydroxylation is 1. The lowest BCUT2D eigenvalue weighted by Gasteiger charge is -2.27. The number of para-hydroxylation sites is 1. The zero-order chi connectivity index (χ0) is 23.1. The van der Waals surface area contributed by atoms with Crippen molar-refractivity contribution in [3.05, 3.63) is 90.0 Å². The third-order valence-electron chi connectivity index (χ3n) is 5.14. The Balaban J connectivity index is 1.76. The van der Waals surface area contributed by atoms with Crippen molar-refractivity contribution in [3.8, 4) is 17.2 Å². The summed E-state index contributed by atoms with van der Waals surface area (Å²) in [7, 11) is 0. The molecule has 3 rings (SSSR count). The number of rotatable bonds is 9. The molecule has 0 amide bonds. The average molecular weight is 433 g/mol. The molecule has 3 aromatic rings. The fourth-order valence-electron chi connectivity index (χ4n) is 3.38. The minimum Gasteiger partial charge on any atom is -0.478 e. The van der Waals surface area contributed by atoms with E-state index in [9.17, 15) is 4.79 Å². The van der Waals surface area contributed by atoms with Crippen molar-refractivity contribution < 1.29 is 19.0 Å². The molecule has 0 aliphatic carbocycles. The lowest BCUT2D eigenvalue weighted by molar-refractivity contribution is -0.162. The Kier molecular flexibility index (Phi) is 7.93. The first kappa shape index (κ1) is 23.4. The van der Waals surface area contributed by atoms with E-state index in [1.807, 2.05) is 113 Å². The van der Waals surface area contributed by atoms with Gasteiger partial charge in [0.25, 0.3) is 0 Å². The molecule has 0 fully saturated rings. The molecule has 3 aromatic carbocycles. The molecule has 0 aliphatic heterocycles. The molecule has 0 aliphatic rings. The quantitative estimate of drug-likeness (QED) is 0.337. The van der Waals surface area contributed by atoms with Crippen LogP contribution in [-0.4, -0.2) is 12.1 Å². The molecule has 2 unspecified atom stereocenters. The van der Waals surface area contributed by atoms with Gasteiger partial charge in [0.1, 0.15) is 23.4 Å². The van der Waals surface area contributed by atoms with E-state index in [-0.39, 0.29) is 17.8 Å². The standard InChI is InChI=1S/C28H32O4/c1-19(2)26(22-10-9-13-25(18-22)30-23-11-7-6-8-12-23)32-28(29)27(20(3)4)31-24-16-14-21(5)15-17-24/h6-20,26-27H,1-5H3. The molecule has 4 nitrogen and oxygen atoms in total. The van der Waals surface area contributed by atoms with E-state index < -0.39 is 12.2 Å². The van der Waals surface area contributed by atoms with E-state index in [4.69, 9.17) is 14.2 Å². The maximum absolute atomic E-state index is 13.1. The van der Waals surface area contributed by atoms with Crippen molar-refractivity contribution in [1.29, 1.82) is 0 Å². The van der Waals surface area contributed by atoms with Gasteiger partial charge in [0.15, 0.2) is 6.10 Å². The summed E-state index contributed by atoms with van der Waals surface area (Å²) < 4.78 is 18.0. The van der Waals surface area contributed by atoms with E-state index in [1.54, 1.807) is 0 Å². The van der Waals surface area contributed by atoms with Gasteiger partial charge in [0.2, 0.25) is 0 Å². The number of hydrogen-bond acceptors (Lipinski definition) is 4. The number of carbonyl (C=O) groups is 1. The summed E-state index contributed by atoms with van der Waals surface area (Å²) in [5.74, 6) is 1.79. The third-order valence-corrected chi connectivity index (χ3v) is 5.14. The van der Waals surface area contributed by atoms with Gasteiger partial charge in [-0.2, -0.15) is 0 Å². The third kappa shape index (κ3) is 6.36. The van der Waals surface area contributed by atoms with Crippen LogP contribution in [0.15, 0.2) is 78.9 Å². The highest BCUT2D eigenvalue weighted by Crippen LogP contribution is 2.31. The number of benzene rings is 3. The highest BCUT2D eigenvalue weighted by molar-refractivity contribution is 5.75. The lowest BCUT2D eigenvalue weighted by atomic mass is 9.98. The van der Waals surface area contributed by atoms with Gasteiger partial charge in [0.05, 0.1) is 0 Å². The van der Waals surface area contributed by atoms with Crippen LogP contribution in [0.5, 0.6) is 17.2 Å². The monoisotopic (exact) mass is 432 g/mol. The number of hydrogen-bond donors (Lipinski definition) is 0. The lowest BCUT2D eigenvalue weighted by Crippen LogP contribution is -2.35. The van der Waals surface area contributed by atoms with Crippen LogP contribution in [0.2, 0.25) is 0 Å². The Morgan fingerprint density at radius 1 is 0.719 bits per heavy atom. The van der Waals surface area contributed by atoms with Crippen molar-refractivity contribution in [2.24, 2.45) is 11.8 Å². The second-order valence-electron chi connectivity index (χ2n) is 8.68. The van der Waals surface area contributed by atoms with Crippen LogP contribution in [0.4, 0.5) is 0 Å². The second kappa shape index (κ2) is 10.9. The van der Waals surface area contributed by atoms with Gasteiger partial charge in [-0.1, -0.05) is 75.7 Å². The molecule has 0 aromatic heterocycles. The Morgan fingerprint density at radius 2 is 1.38 bits per heavy atom. The zero-order valence-corrected chi connectivity index (χ0v) is 19.4. The summed E-state index contributed by atoms with van der Waals surface area (Å²) >= 11 is 0. The van der Waals surface area contributed by atoms with E-state index in [0.29, 0.717) is 11.5 Å². The average Bonchev–Trinajstić information content (AvgIpc) is 2.77. The maximum atomic E-state index is 13.1. The van der Waals surface area contributed by atoms with Crippen molar-refractivity contribution in [2.45, 2.75) is 46.8 Å². The van der Waals surface area contributed by atoms with Crippen LogP contribution >= 0.6 is 0 Å². The fraction of sp³-hybridized carbons (Fsp3) is 0.321. The SMILES string of the molecule is Cc1ccc(OC(C(=O)OC(c2cccc(Oc3ccccc3)c2)C(C)C)C(C)C)cc1. The van der Waals surface area contributed by atoms with Crippen molar-refractivity contribution in [3.63, 3.8) is 0 Å². The number of esters is 1. The first-order valence-corrected chi connectivity index (χ1v) is 11.1. The van der Waals surface area contributed by atoms with Gasteiger partial charge in [-0.15, -0.1) is 0 Å². The van der Waals surface area contributed by atoms with Crippen molar-refractivity contribution in [1.82, 2.24) is 0 Å². The first-order valence-electron chi connectivity index (χ1n) is 11.1.